The van der Waals surface area contributed by atoms with Gasteiger partial charge in [0.15, 0.2) is 0 Å². The molecular weight excluding hydrogens is 306 g/mol. The van der Waals surface area contributed by atoms with E-state index in [1.165, 1.54) is 18.2 Å². The highest BCUT2D eigenvalue weighted by Crippen LogP contribution is 2.28. The lowest BCUT2D eigenvalue weighted by Crippen LogP contribution is -1.99. The average molecular weight is 319 g/mol. The second-order valence-corrected chi connectivity index (χ2v) is 5.14. The van der Waals surface area contributed by atoms with E-state index in [4.69, 9.17) is 5.26 Å². The normalized spacial score (nSPS) is 10.1. The Morgan fingerprint density at radius 3 is 2.75 bits per heavy atom. The third-order valence-electron chi connectivity index (χ3n) is 3.42. The van der Waals surface area contributed by atoms with Crippen molar-refractivity contribution in [3.8, 4) is 6.07 Å². The van der Waals surface area contributed by atoms with E-state index in [9.17, 15) is 10.1 Å². The van der Waals surface area contributed by atoms with Gasteiger partial charge in [-0.3, -0.25) is 14.8 Å². The molecule has 2 aromatic carbocycles. The van der Waals surface area contributed by atoms with Gasteiger partial charge >= 0.3 is 0 Å². The van der Waals surface area contributed by atoms with Crippen molar-refractivity contribution in [2.45, 2.75) is 6.54 Å². The molecule has 1 N–H and O–H groups in total. The number of hydrogen-bond acceptors (Lipinski definition) is 5. The molecule has 0 saturated carbocycles. The zero-order valence-electron chi connectivity index (χ0n) is 12.6. The van der Waals surface area contributed by atoms with Gasteiger partial charge in [0.2, 0.25) is 0 Å². The van der Waals surface area contributed by atoms with Gasteiger partial charge in [-0.25, -0.2) is 0 Å². The first kappa shape index (κ1) is 15.2. The molecule has 0 saturated heterocycles. The minimum Gasteiger partial charge on any atom is -0.347 e. The summed E-state index contributed by atoms with van der Waals surface area (Å²) in [6.45, 7) is 0.609. The molecule has 1 heterocycles. The number of nitro groups is 1. The molecule has 0 radical (unpaired) electrons. The molecular formula is C17H13N5O2. The van der Waals surface area contributed by atoms with E-state index in [1.54, 1.807) is 17.1 Å². The predicted molar refractivity (Wildman–Crippen MR) is 88.9 cm³/mol. The van der Waals surface area contributed by atoms with Gasteiger partial charge < -0.3 is 5.32 Å². The van der Waals surface area contributed by atoms with Crippen molar-refractivity contribution >= 4 is 17.1 Å². The number of nitrogens with one attached hydrogen (secondary N) is 1. The van der Waals surface area contributed by atoms with Gasteiger partial charge in [-0.2, -0.15) is 10.4 Å². The standard InChI is InChI=1S/C17H13N5O2/c18-9-14-6-7-16(17(8-14)22(23)24)20-15-10-19-21(12-15)11-13-4-2-1-3-5-13/h1-8,10,12,20H,11H2. The summed E-state index contributed by atoms with van der Waals surface area (Å²) in [5.74, 6) is 0. The summed E-state index contributed by atoms with van der Waals surface area (Å²) in [5, 5.41) is 27.2. The molecule has 3 rings (SSSR count). The van der Waals surface area contributed by atoms with Gasteiger partial charge in [0, 0.05) is 12.3 Å². The maximum atomic E-state index is 11.2. The first-order valence-electron chi connectivity index (χ1n) is 7.17. The zero-order chi connectivity index (χ0) is 16.9. The van der Waals surface area contributed by atoms with Crippen LogP contribution in [0.3, 0.4) is 0 Å². The molecule has 118 valence electrons. The fourth-order valence-corrected chi connectivity index (χ4v) is 2.30. The van der Waals surface area contributed by atoms with Crippen molar-refractivity contribution < 1.29 is 4.92 Å². The number of rotatable bonds is 5. The van der Waals surface area contributed by atoms with Crippen LogP contribution in [-0.4, -0.2) is 14.7 Å². The van der Waals surface area contributed by atoms with E-state index < -0.39 is 4.92 Å². The lowest BCUT2D eigenvalue weighted by molar-refractivity contribution is -0.383. The number of nitro benzene ring substituents is 1. The lowest BCUT2D eigenvalue weighted by atomic mass is 10.2. The van der Waals surface area contributed by atoms with E-state index in [0.717, 1.165) is 5.56 Å². The van der Waals surface area contributed by atoms with Crippen LogP contribution in [0.4, 0.5) is 17.1 Å². The minimum atomic E-state index is -0.516. The van der Waals surface area contributed by atoms with Gasteiger partial charge in [0.25, 0.3) is 5.69 Å². The molecule has 0 aliphatic carbocycles. The van der Waals surface area contributed by atoms with Crippen LogP contribution < -0.4 is 5.32 Å². The highest BCUT2D eigenvalue weighted by molar-refractivity contribution is 5.70. The van der Waals surface area contributed by atoms with Crippen molar-refractivity contribution in [1.82, 2.24) is 9.78 Å². The largest absolute Gasteiger partial charge is 0.347 e. The molecule has 0 atom stereocenters. The average Bonchev–Trinajstić information content (AvgIpc) is 3.03. The predicted octanol–water partition coefficient (Wildman–Crippen LogP) is 3.45. The van der Waals surface area contributed by atoms with Crippen LogP contribution in [-0.2, 0) is 6.54 Å². The Morgan fingerprint density at radius 2 is 2.04 bits per heavy atom. The van der Waals surface area contributed by atoms with E-state index >= 15 is 0 Å². The van der Waals surface area contributed by atoms with Gasteiger partial charge in [0.05, 0.1) is 35.0 Å². The minimum absolute atomic E-state index is 0.148. The van der Waals surface area contributed by atoms with Gasteiger partial charge in [-0.05, 0) is 17.7 Å². The second kappa shape index (κ2) is 6.62. The van der Waals surface area contributed by atoms with Crippen LogP contribution in [0, 0.1) is 21.4 Å². The molecule has 0 unspecified atom stereocenters. The Kier molecular flexibility index (Phi) is 4.21. The third kappa shape index (κ3) is 3.39. The summed E-state index contributed by atoms with van der Waals surface area (Å²) in [5.41, 5.74) is 2.16. The maximum absolute atomic E-state index is 11.2. The van der Waals surface area contributed by atoms with Crippen molar-refractivity contribution in [2.75, 3.05) is 5.32 Å². The molecule has 0 fully saturated rings. The van der Waals surface area contributed by atoms with Crippen LogP contribution in [0.2, 0.25) is 0 Å². The van der Waals surface area contributed by atoms with Crippen molar-refractivity contribution in [2.24, 2.45) is 0 Å². The summed E-state index contributed by atoms with van der Waals surface area (Å²) in [6.07, 6.45) is 3.37. The highest BCUT2D eigenvalue weighted by atomic mass is 16.6. The summed E-state index contributed by atoms with van der Waals surface area (Å²) < 4.78 is 1.74. The number of nitrogens with zero attached hydrogens (tertiary/aromatic N) is 4. The van der Waals surface area contributed by atoms with Gasteiger partial charge in [-0.15, -0.1) is 0 Å². The maximum Gasteiger partial charge on any atom is 0.293 e. The number of hydrogen-bond donors (Lipinski definition) is 1. The Hall–Kier alpha value is -3.66. The van der Waals surface area contributed by atoms with Crippen molar-refractivity contribution in [1.29, 1.82) is 5.26 Å². The highest BCUT2D eigenvalue weighted by Gasteiger charge is 2.15. The van der Waals surface area contributed by atoms with Crippen LogP contribution in [0.5, 0.6) is 0 Å². The first-order chi connectivity index (χ1) is 11.7. The third-order valence-corrected chi connectivity index (χ3v) is 3.42. The van der Waals surface area contributed by atoms with E-state index in [-0.39, 0.29) is 11.3 Å². The molecule has 0 aliphatic rings. The molecule has 1 aromatic heterocycles. The van der Waals surface area contributed by atoms with Crippen molar-refractivity contribution in [3.05, 3.63) is 82.2 Å². The van der Waals surface area contributed by atoms with E-state index in [2.05, 4.69) is 10.4 Å². The Labute approximate surface area is 137 Å². The molecule has 7 nitrogen and oxygen atoms in total. The van der Waals surface area contributed by atoms with Crippen LogP contribution in [0.1, 0.15) is 11.1 Å². The van der Waals surface area contributed by atoms with Crippen LogP contribution in [0.25, 0.3) is 0 Å². The van der Waals surface area contributed by atoms with E-state index in [0.29, 0.717) is 17.9 Å². The first-order valence-corrected chi connectivity index (χ1v) is 7.17. The van der Waals surface area contributed by atoms with Gasteiger partial charge in [-0.1, -0.05) is 30.3 Å². The monoisotopic (exact) mass is 319 g/mol. The zero-order valence-corrected chi connectivity index (χ0v) is 12.6. The van der Waals surface area contributed by atoms with Crippen molar-refractivity contribution in [3.63, 3.8) is 0 Å². The van der Waals surface area contributed by atoms with E-state index in [1.807, 2.05) is 36.4 Å². The molecule has 7 heteroatoms. The van der Waals surface area contributed by atoms with Crippen LogP contribution in [0.15, 0.2) is 60.9 Å². The SMILES string of the molecule is N#Cc1ccc(Nc2cnn(Cc3ccccc3)c2)c([N+](=O)[O-])c1. The number of benzene rings is 2. The van der Waals surface area contributed by atoms with Gasteiger partial charge in [0.1, 0.15) is 5.69 Å². The fraction of sp³-hybridized carbons (Fsp3) is 0.0588. The summed E-state index contributed by atoms with van der Waals surface area (Å²) in [4.78, 5) is 10.6. The second-order valence-electron chi connectivity index (χ2n) is 5.14. The number of nitriles is 1. The summed E-state index contributed by atoms with van der Waals surface area (Å²) in [7, 11) is 0. The number of aromatic nitrogens is 2. The lowest BCUT2D eigenvalue weighted by Gasteiger charge is -2.05. The molecule has 3 aromatic rings. The number of anilines is 2. The topological polar surface area (TPSA) is 96.8 Å². The molecule has 0 bridgehead atoms. The summed E-state index contributed by atoms with van der Waals surface area (Å²) >= 11 is 0. The Balaban J connectivity index is 1.80. The molecule has 0 spiro atoms. The summed E-state index contributed by atoms with van der Waals surface area (Å²) in [6, 6.07) is 16.1. The fourth-order valence-electron chi connectivity index (χ4n) is 2.30. The Bertz CT molecular complexity index is 912. The molecule has 24 heavy (non-hydrogen) atoms. The van der Waals surface area contributed by atoms with Crippen LogP contribution >= 0.6 is 0 Å². The molecule has 0 aliphatic heterocycles. The Morgan fingerprint density at radius 1 is 1.25 bits per heavy atom. The quantitative estimate of drug-likeness (QED) is 0.574. The molecule has 0 amide bonds. The smallest absolute Gasteiger partial charge is 0.293 e.